The van der Waals surface area contributed by atoms with Gasteiger partial charge in [-0.2, -0.15) is 0 Å². The molecule has 1 aromatic carbocycles. The van der Waals surface area contributed by atoms with Gasteiger partial charge in [0.05, 0.1) is 6.10 Å². The van der Waals surface area contributed by atoms with Crippen molar-refractivity contribution < 1.29 is 19.3 Å². The van der Waals surface area contributed by atoms with E-state index in [9.17, 15) is 14.6 Å². The molecular weight excluding hydrogens is 273 g/mol. The number of para-hydroxylation sites is 1. The van der Waals surface area contributed by atoms with Crippen molar-refractivity contribution in [3.63, 3.8) is 0 Å². The van der Waals surface area contributed by atoms with E-state index in [-0.39, 0.29) is 18.3 Å². The number of rotatable bonds is 10. The summed E-state index contributed by atoms with van der Waals surface area (Å²) in [5, 5.41) is 22.7. The smallest absolute Gasteiger partial charge is 0.165 e. The molecule has 2 atom stereocenters. The van der Waals surface area contributed by atoms with Crippen LogP contribution in [0.4, 0.5) is 4.39 Å². The number of ether oxygens (including phenoxy) is 1. The molecule has 1 aromatic rings. The van der Waals surface area contributed by atoms with Gasteiger partial charge in [0.1, 0.15) is 12.7 Å². The molecule has 2 unspecified atom stereocenters. The molecule has 5 heteroatoms. The molecule has 0 fully saturated rings. The molecule has 0 aromatic heterocycles. The van der Waals surface area contributed by atoms with Crippen molar-refractivity contribution in [1.82, 2.24) is 5.32 Å². The van der Waals surface area contributed by atoms with Gasteiger partial charge in [-0.25, -0.2) is 4.39 Å². The summed E-state index contributed by atoms with van der Waals surface area (Å²) in [4.78, 5) is 0. The van der Waals surface area contributed by atoms with Crippen LogP contribution in [0.1, 0.15) is 26.7 Å². The van der Waals surface area contributed by atoms with Crippen LogP contribution in [0.5, 0.6) is 5.75 Å². The van der Waals surface area contributed by atoms with Crippen molar-refractivity contribution in [3.05, 3.63) is 30.1 Å². The fourth-order valence-corrected chi connectivity index (χ4v) is 2.20. The molecule has 0 spiro atoms. The third kappa shape index (κ3) is 6.42. The monoisotopic (exact) mass is 299 g/mol. The van der Waals surface area contributed by atoms with Gasteiger partial charge in [0.2, 0.25) is 0 Å². The van der Waals surface area contributed by atoms with Crippen LogP contribution in [0.15, 0.2) is 24.3 Å². The first kappa shape index (κ1) is 17.9. The zero-order chi connectivity index (χ0) is 15.7. The molecule has 4 nitrogen and oxygen atoms in total. The highest BCUT2D eigenvalue weighted by atomic mass is 19.1. The Hall–Kier alpha value is -1.17. The minimum atomic E-state index is -0.751. The van der Waals surface area contributed by atoms with Crippen molar-refractivity contribution in [2.75, 3.05) is 19.7 Å². The first-order chi connectivity index (χ1) is 10.1. The number of hydrogen-bond acceptors (Lipinski definition) is 4. The standard InChI is InChI=1S/C16H26FNO3/c1-3-12(4-2)15(20)10-18-9-13(19)11-21-16-8-6-5-7-14(16)17/h5-8,12-13,15,18-20H,3-4,9-11H2,1-2H3. The van der Waals surface area contributed by atoms with Crippen LogP contribution in [-0.4, -0.2) is 42.1 Å². The zero-order valence-electron chi connectivity index (χ0n) is 12.8. The lowest BCUT2D eigenvalue weighted by Gasteiger charge is -2.21. The van der Waals surface area contributed by atoms with Crippen LogP contribution in [0, 0.1) is 11.7 Å². The number of aliphatic hydroxyl groups excluding tert-OH is 2. The van der Waals surface area contributed by atoms with Crippen molar-refractivity contribution in [3.8, 4) is 5.75 Å². The Morgan fingerprint density at radius 3 is 2.43 bits per heavy atom. The Bertz CT molecular complexity index is 399. The zero-order valence-corrected chi connectivity index (χ0v) is 12.8. The summed E-state index contributed by atoms with van der Waals surface area (Å²) in [5.74, 6) is -0.0419. The first-order valence-corrected chi connectivity index (χ1v) is 7.52. The van der Waals surface area contributed by atoms with Crippen molar-refractivity contribution in [2.45, 2.75) is 38.9 Å². The molecule has 1 rings (SSSR count). The van der Waals surface area contributed by atoms with Crippen LogP contribution in [0.2, 0.25) is 0 Å². The maximum atomic E-state index is 13.3. The van der Waals surface area contributed by atoms with Gasteiger partial charge in [0.15, 0.2) is 11.6 Å². The molecule has 0 amide bonds. The number of aliphatic hydroxyl groups is 2. The molecule has 0 aliphatic carbocycles. The summed E-state index contributed by atoms with van der Waals surface area (Å²) < 4.78 is 18.5. The second-order valence-corrected chi connectivity index (χ2v) is 5.20. The largest absolute Gasteiger partial charge is 0.488 e. The van der Waals surface area contributed by atoms with E-state index >= 15 is 0 Å². The summed E-state index contributed by atoms with van der Waals surface area (Å²) in [5.41, 5.74) is 0. The lowest BCUT2D eigenvalue weighted by atomic mass is 9.96. The van der Waals surface area contributed by atoms with Crippen molar-refractivity contribution >= 4 is 0 Å². The summed E-state index contributed by atoms with van der Waals surface area (Å²) in [7, 11) is 0. The fraction of sp³-hybridized carbons (Fsp3) is 0.625. The molecule has 120 valence electrons. The Kier molecular flexibility index (Phi) is 8.27. The first-order valence-electron chi connectivity index (χ1n) is 7.52. The van der Waals surface area contributed by atoms with E-state index in [0.29, 0.717) is 13.1 Å². The quantitative estimate of drug-likeness (QED) is 0.618. The molecule has 0 aliphatic heterocycles. The van der Waals surface area contributed by atoms with Gasteiger partial charge in [-0.15, -0.1) is 0 Å². The molecule has 3 N–H and O–H groups in total. The van der Waals surface area contributed by atoms with E-state index in [1.54, 1.807) is 12.1 Å². The minimum absolute atomic E-state index is 0.00894. The van der Waals surface area contributed by atoms with Crippen LogP contribution >= 0.6 is 0 Å². The van der Waals surface area contributed by atoms with Crippen LogP contribution in [0.3, 0.4) is 0 Å². The average Bonchev–Trinajstić information content (AvgIpc) is 2.47. The Morgan fingerprint density at radius 1 is 1.14 bits per heavy atom. The number of benzene rings is 1. The summed E-state index contributed by atoms with van der Waals surface area (Å²) in [6.07, 6.45) is 0.689. The van der Waals surface area contributed by atoms with Gasteiger partial charge in [-0.3, -0.25) is 0 Å². The lowest BCUT2D eigenvalue weighted by Crippen LogP contribution is -2.38. The van der Waals surface area contributed by atoms with Gasteiger partial charge in [0.25, 0.3) is 0 Å². The normalized spacial score (nSPS) is 14.2. The molecular formula is C16H26FNO3. The SMILES string of the molecule is CCC(CC)C(O)CNCC(O)COc1ccccc1F. The number of halogens is 1. The molecule has 0 saturated heterocycles. The topological polar surface area (TPSA) is 61.7 Å². The van der Waals surface area contributed by atoms with Gasteiger partial charge in [-0.05, 0) is 18.1 Å². The summed E-state index contributed by atoms with van der Waals surface area (Å²) in [6.45, 7) is 4.84. The minimum Gasteiger partial charge on any atom is -0.488 e. The summed E-state index contributed by atoms with van der Waals surface area (Å²) in [6, 6.07) is 6.09. The molecule has 0 heterocycles. The maximum Gasteiger partial charge on any atom is 0.165 e. The van der Waals surface area contributed by atoms with Gasteiger partial charge in [0, 0.05) is 13.1 Å². The van der Waals surface area contributed by atoms with Gasteiger partial charge < -0.3 is 20.3 Å². The predicted molar refractivity (Wildman–Crippen MR) is 80.9 cm³/mol. The molecule has 0 aliphatic rings. The lowest BCUT2D eigenvalue weighted by molar-refractivity contribution is 0.0811. The summed E-state index contributed by atoms with van der Waals surface area (Å²) >= 11 is 0. The third-order valence-electron chi connectivity index (χ3n) is 3.59. The molecule has 0 bridgehead atoms. The molecule has 0 saturated carbocycles. The second kappa shape index (κ2) is 9.71. The van der Waals surface area contributed by atoms with Crippen molar-refractivity contribution in [2.24, 2.45) is 5.92 Å². The highest BCUT2D eigenvalue weighted by Gasteiger charge is 2.15. The Labute approximate surface area is 125 Å². The highest BCUT2D eigenvalue weighted by Crippen LogP contribution is 2.15. The average molecular weight is 299 g/mol. The number of hydrogen-bond donors (Lipinski definition) is 3. The van der Waals surface area contributed by atoms with E-state index in [2.05, 4.69) is 19.2 Å². The third-order valence-corrected chi connectivity index (χ3v) is 3.59. The second-order valence-electron chi connectivity index (χ2n) is 5.20. The highest BCUT2D eigenvalue weighted by molar-refractivity contribution is 5.23. The van der Waals surface area contributed by atoms with E-state index in [0.717, 1.165) is 12.8 Å². The van der Waals surface area contributed by atoms with Crippen molar-refractivity contribution in [1.29, 1.82) is 0 Å². The maximum absolute atomic E-state index is 13.3. The number of nitrogens with one attached hydrogen (secondary N) is 1. The van der Waals surface area contributed by atoms with E-state index < -0.39 is 18.0 Å². The van der Waals surface area contributed by atoms with Crippen LogP contribution in [0.25, 0.3) is 0 Å². The van der Waals surface area contributed by atoms with Crippen LogP contribution in [-0.2, 0) is 0 Å². The van der Waals surface area contributed by atoms with Gasteiger partial charge in [-0.1, -0.05) is 38.8 Å². The molecule has 21 heavy (non-hydrogen) atoms. The van der Waals surface area contributed by atoms with E-state index in [1.807, 2.05) is 0 Å². The van der Waals surface area contributed by atoms with E-state index in [1.165, 1.54) is 12.1 Å². The van der Waals surface area contributed by atoms with E-state index in [4.69, 9.17) is 4.74 Å². The Balaban J connectivity index is 2.22. The fourth-order valence-electron chi connectivity index (χ4n) is 2.20. The van der Waals surface area contributed by atoms with Crippen LogP contribution < -0.4 is 10.1 Å². The Morgan fingerprint density at radius 2 is 1.81 bits per heavy atom. The van der Waals surface area contributed by atoms with Gasteiger partial charge >= 0.3 is 0 Å². The predicted octanol–water partition coefficient (Wildman–Crippen LogP) is 1.95. The molecule has 0 radical (unpaired) electrons.